The van der Waals surface area contributed by atoms with Crippen LogP contribution in [0.2, 0.25) is 0 Å². The van der Waals surface area contributed by atoms with E-state index in [1.54, 1.807) is 28.6 Å². The number of rotatable bonds is 5. The number of hydrogen-bond donors (Lipinski definition) is 1. The van der Waals surface area contributed by atoms with E-state index in [0.717, 1.165) is 12.8 Å². The van der Waals surface area contributed by atoms with Crippen LogP contribution in [0.1, 0.15) is 26.7 Å². The van der Waals surface area contributed by atoms with Crippen molar-refractivity contribution in [2.75, 3.05) is 19.7 Å². The summed E-state index contributed by atoms with van der Waals surface area (Å²) in [5.74, 6) is 0.996. The first-order valence-corrected chi connectivity index (χ1v) is 8.87. The van der Waals surface area contributed by atoms with Crippen LogP contribution in [0.3, 0.4) is 0 Å². The fourth-order valence-corrected chi connectivity index (χ4v) is 4.19. The van der Waals surface area contributed by atoms with Gasteiger partial charge in [0.1, 0.15) is 5.75 Å². The van der Waals surface area contributed by atoms with Crippen molar-refractivity contribution in [1.82, 2.24) is 4.31 Å². The van der Waals surface area contributed by atoms with E-state index >= 15 is 0 Å². The van der Waals surface area contributed by atoms with Gasteiger partial charge >= 0.3 is 0 Å². The monoisotopic (exact) mass is 312 g/mol. The lowest BCUT2D eigenvalue weighted by molar-refractivity contribution is 0.250. The molecule has 1 atom stereocenters. The highest BCUT2D eigenvalue weighted by Crippen LogP contribution is 2.26. The normalized spacial score (nSPS) is 19.4. The topological polar surface area (TPSA) is 72.6 Å². The summed E-state index contributed by atoms with van der Waals surface area (Å²) in [6, 6.07) is 6.82. The minimum atomic E-state index is -3.44. The van der Waals surface area contributed by atoms with Crippen molar-refractivity contribution in [1.29, 1.82) is 0 Å². The smallest absolute Gasteiger partial charge is 0.243 e. The number of benzene rings is 1. The molecule has 0 bridgehead atoms. The van der Waals surface area contributed by atoms with Gasteiger partial charge < -0.3 is 10.5 Å². The second-order valence-electron chi connectivity index (χ2n) is 5.51. The molecule has 0 aliphatic carbocycles. The molecule has 0 radical (unpaired) electrons. The molecule has 1 heterocycles. The number of nitrogens with two attached hydrogens (primary N) is 1. The largest absolute Gasteiger partial charge is 0.494 e. The Morgan fingerprint density at radius 3 is 2.62 bits per heavy atom. The summed E-state index contributed by atoms with van der Waals surface area (Å²) in [6.07, 6.45) is 1.64. The average molecular weight is 312 g/mol. The Labute approximate surface area is 127 Å². The van der Waals surface area contributed by atoms with Crippen molar-refractivity contribution in [3.63, 3.8) is 0 Å². The molecule has 1 aliphatic rings. The van der Waals surface area contributed by atoms with Crippen molar-refractivity contribution >= 4 is 10.0 Å². The van der Waals surface area contributed by atoms with E-state index in [-0.39, 0.29) is 6.04 Å². The molecule has 5 nitrogen and oxygen atoms in total. The van der Waals surface area contributed by atoms with Gasteiger partial charge in [-0.05, 0) is 44.7 Å². The van der Waals surface area contributed by atoms with Gasteiger partial charge in [-0.2, -0.15) is 4.31 Å². The van der Waals surface area contributed by atoms with Crippen LogP contribution in [0.5, 0.6) is 5.75 Å². The van der Waals surface area contributed by atoms with Crippen molar-refractivity contribution in [3.8, 4) is 5.75 Å². The molecule has 2 N–H and O–H groups in total. The zero-order valence-electron chi connectivity index (χ0n) is 12.7. The maximum absolute atomic E-state index is 12.7. The molecule has 1 aliphatic heterocycles. The minimum Gasteiger partial charge on any atom is -0.494 e. The third kappa shape index (κ3) is 3.75. The first kappa shape index (κ1) is 16.3. The molecular formula is C15H24N2O3S. The average Bonchev–Trinajstić information content (AvgIpc) is 2.48. The molecule has 1 saturated heterocycles. The molecule has 0 aromatic heterocycles. The number of piperidine rings is 1. The first-order valence-electron chi connectivity index (χ1n) is 7.43. The summed E-state index contributed by atoms with van der Waals surface area (Å²) in [7, 11) is -3.44. The van der Waals surface area contributed by atoms with Gasteiger partial charge in [0.2, 0.25) is 10.0 Å². The molecule has 0 saturated carbocycles. The van der Waals surface area contributed by atoms with Crippen LogP contribution in [-0.2, 0) is 10.0 Å². The first-order chi connectivity index (χ1) is 9.95. The van der Waals surface area contributed by atoms with E-state index in [9.17, 15) is 8.42 Å². The molecule has 1 aromatic rings. The molecule has 1 aromatic carbocycles. The lowest BCUT2D eigenvalue weighted by Crippen LogP contribution is -2.42. The van der Waals surface area contributed by atoms with Gasteiger partial charge in [-0.15, -0.1) is 0 Å². The Kier molecular flexibility index (Phi) is 5.24. The Hall–Kier alpha value is -1.11. The molecule has 118 valence electrons. The van der Waals surface area contributed by atoms with Gasteiger partial charge in [-0.1, -0.05) is 6.07 Å². The molecule has 1 unspecified atom stereocenters. The maximum Gasteiger partial charge on any atom is 0.243 e. The van der Waals surface area contributed by atoms with Gasteiger partial charge in [0, 0.05) is 25.2 Å². The van der Waals surface area contributed by atoms with Crippen LogP contribution in [0.4, 0.5) is 0 Å². The van der Waals surface area contributed by atoms with Crippen molar-refractivity contribution < 1.29 is 13.2 Å². The number of hydrogen-bond acceptors (Lipinski definition) is 4. The van der Waals surface area contributed by atoms with Crippen molar-refractivity contribution in [2.45, 2.75) is 37.6 Å². The predicted molar refractivity (Wildman–Crippen MR) is 82.7 cm³/mol. The Bertz CT molecular complexity index is 564. The molecular weight excluding hydrogens is 288 g/mol. The minimum absolute atomic E-state index is 0.121. The lowest BCUT2D eigenvalue weighted by atomic mass is 9.92. The fraction of sp³-hybridized carbons (Fsp3) is 0.600. The highest BCUT2D eigenvalue weighted by molar-refractivity contribution is 7.89. The highest BCUT2D eigenvalue weighted by Gasteiger charge is 2.30. The van der Waals surface area contributed by atoms with Crippen LogP contribution >= 0.6 is 0 Å². The number of sulfonamides is 1. The molecule has 2 rings (SSSR count). The molecule has 21 heavy (non-hydrogen) atoms. The Morgan fingerprint density at radius 2 is 2.05 bits per heavy atom. The zero-order valence-corrected chi connectivity index (χ0v) is 13.5. The van der Waals surface area contributed by atoms with Crippen molar-refractivity contribution in [2.24, 2.45) is 11.7 Å². The van der Waals surface area contributed by atoms with Crippen LogP contribution in [0.25, 0.3) is 0 Å². The second-order valence-corrected chi connectivity index (χ2v) is 7.45. The molecule has 1 fully saturated rings. The summed E-state index contributed by atoms with van der Waals surface area (Å²) in [4.78, 5) is 0.299. The van der Waals surface area contributed by atoms with E-state index in [1.807, 2.05) is 13.8 Å². The van der Waals surface area contributed by atoms with E-state index < -0.39 is 10.0 Å². The third-order valence-corrected chi connectivity index (χ3v) is 5.89. The molecule has 0 amide bonds. The summed E-state index contributed by atoms with van der Waals surface area (Å²) in [6.45, 7) is 5.45. The van der Waals surface area contributed by atoms with Crippen molar-refractivity contribution in [3.05, 3.63) is 24.3 Å². The number of ether oxygens (including phenoxy) is 1. The van der Waals surface area contributed by atoms with E-state index in [1.165, 1.54) is 0 Å². The molecule has 6 heteroatoms. The Morgan fingerprint density at radius 1 is 1.38 bits per heavy atom. The summed E-state index contributed by atoms with van der Waals surface area (Å²) < 4.78 is 32.2. The van der Waals surface area contributed by atoms with Crippen LogP contribution in [-0.4, -0.2) is 38.5 Å². The predicted octanol–water partition coefficient (Wildman–Crippen LogP) is 1.83. The quantitative estimate of drug-likeness (QED) is 0.900. The van der Waals surface area contributed by atoms with Gasteiger partial charge in [0.05, 0.1) is 11.5 Å². The second kappa shape index (κ2) is 6.77. The van der Waals surface area contributed by atoms with E-state index in [0.29, 0.717) is 36.3 Å². The standard InChI is InChI=1S/C15H24N2O3S/c1-3-20-14-5-4-6-15(11-14)21(18,19)17-9-7-13(8-10-17)12(2)16/h4-6,11-13H,3,7-10,16H2,1-2H3. The fourth-order valence-electron chi connectivity index (χ4n) is 2.68. The summed E-state index contributed by atoms with van der Waals surface area (Å²) >= 11 is 0. The van der Waals surface area contributed by atoms with Gasteiger partial charge in [0.15, 0.2) is 0 Å². The third-order valence-electron chi connectivity index (χ3n) is 4.00. The number of nitrogens with zero attached hydrogens (tertiary/aromatic N) is 1. The Balaban J connectivity index is 2.13. The SMILES string of the molecule is CCOc1cccc(S(=O)(=O)N2CCC(C(C)N)CC2)c1. The van der Waals surface area contributed by atoms with Gasteiger partial charge in [0.25, 0.3) is 0 Å². The zero-order chi connectivity index (χ0) is 15.5. The van der Waals surface area contributed by atoms with Gasteiger partial charge in [-0.3, -0.25) is 0 Å². The van der Waals surface area contributed by atoms with Crippen LogP contribution in [0, 0.1) is 5.92 Å². The lowest BCUT2D eigenvalue weighted by Gasteiger charge is -2.32. The highest BCUT2D eigenvalue weighted by atomic mass is 32.2. The molecule has 0 spiro atoms. The van der Waals surface area contributed by atoms with E-state index in [2.05, 4.69) is 0 Å². The van der Waals surface area contributed by atoms with Gasteiger partial charge in [-0.25, -0.2) is 8.42 Å². The van der Waals surface area contributed by atoms with Crippen LogP contribution in [0.15, 0.2) is 29.2 Å². The summed E-state index contributed by atoms with van der Waals surface area (Å²) in [5.41, 5.74) is 5.90. The summed E-state index contributed by atoms with van der Waals surface area (Å²) in [5, 5.41) is 0. The van der Waals surface area contributed by atoms with E-state index in [4.69, 9.17) is 10.5 Å². The maximum atomic E-state index is 12.7. The van der Waals surface area contributed by atoms with Crippen LogP contribution < -0.4 is 10.5 Å².